The summed E-state index contributed by atoms with van der Waals surface area (Å²) in [4.78, 5) is 15.1. The molecule has 2 fully saturated rings. The molecule has 0 bridgehead atoms. The SMILES string of the molecule is C[C@H]1CCC=C2C[C@H]3OC(=O)[C@@H](CN(CCC#N)Cc4ccccc4)[C@H]3[C@H](O)[C@@]21C. The van der Waals surface area contributed by atoms with E-state index in [4.69, 9.17) is 10.00 Å². The zero-order chi connectivity index (χ0) is 21.3. The Bertz CT molecular complexity index is 846. The van der Waals surface area contributed by atoms with Crippen LogP contribution in [0.15, 0.2) is 42.0 Å². The number of ether oxygens (including phenoxy) is 1. The maximum atomic E-state index is 12.9. The van der Waals surface area contributed by atoms with Gasteiger partial charge < -0.3 is 9.84 Å². The van der Waals surface area contributed by atoms with E-state index in [1.54, 1.807) is 0 Å². The molecule has 0 radical (unpaired) electrons. The summed E-state index contributed by atoms with van der Waals surface area (Å²) < 4.78 is 5.80. The smallest absolute Gasteiger partial charge is 0.311 e. The number of rotatable bonds is 6. The van der Waals surface area contributed by atoms with E-state index in [2.05, 4.69) is 43.0 Å². The number of carbonyl (C=O) groups is 1. The molecule has 0 unspecified atom stereocenters. The van der Waals surface area contributed by atoms with Crippen LogP contribution in [0.4, 0.5) is 0 Å². The minimum Gasteiger partial charge on any atom is -0.461 e. The van der Waals surface area contributed by atoms with Crippen LogP contribution in [0.25, 0.3) is 0 Å². The van der Waals surface area contributed by atoms with Gasteiger partial charge in [0.05, 0.1) is 18.1 Å². The van der Waals surface area contributed by atoms with Crippen molar-refractivity contribution in [2.75, 3.05) is 13.1 Å². The van der Waals surface area contributed by atoms with Gasteiger partial charge in [0.1, 0.15) is 6.10 Å². The van der Waals surface area contributed by atoms with Gasteiger partial charge in [0.25, 0.3) is 0 Å². The van der Waals surface area contributed by atoms with Crippen molar-refractivity contribution in [2.45, 2.75) is 58.3 Å². The van der Waals surface area contributed by atoms with Crippen LogP contribution >= 0.6 is 0 Å². The van der Waals surface area contributed by atoms with Crippen LogP contribution < -0.4 is 0 Å². The fourth-order valence-electron chi connectivity index (χ4n) is 5.84. The second kappa shape index (κ2) is 8.53. The molecule has 0 amide bonds. The first-order chi connectivity index (χ1) is 14.4. The first-order valence-corrected chi connectivity index (χ1v) is 11.2. The molecule has 160 valence electrons. The first-order valence-electron chi connectivity index (χ1n) is 11.2. The predicted octanol–water partition coefficient (Wildman–Crippen LogP) is 3.69. The van der Waals surface area contributed by atoms with Crippen LogP contribution in [0.2, 0.25) is 0 Å². The van der Waals surface area contributed by atoms with E-state index in [1.807, 2.05) is 18.2 Å². The summed E-state index contributed by atoms with van der Waals surface area (Å²) >= 11 is 0. The van der Waals surface area contributed by atoms with Crippen molar-refractivity contribution < 1.29 is 14.6 Å². The fraction of sp³-hybridized carbons (Fsp3) is 0.600. The molecule has 2 aliphatic carbocycles. The van der Waals surface area contributed by atoms with E-state index in [0.29, 0.717) is 32.0 Å². The summed E-state index contributed by atoms with van der Waals surface area (Å²) in [6.07, 6.45) is 4.67. The molecule has 1 N–H and O–H groups in total. The number of hydrogen-bond acceptors (Lipinski definition) is 5. The molecule has 1 saturated heterocycles. The van der Waals surface area contributed by atoms with Gasteiger partial charge in [0, 0.05) is 43.8 Å². The molecule has 30 heavy (non-hydrogen) atoms. The summed E-state index contributed by atoms with van der Waals surface area (Å²) in [5.41, 5.74) is 2.12. The molecule has 0 aromatic heterocycles. The van der Waals surface area contributed by atoms with Crippen molar-refractivity contribution in [3.63, 3.8) is 0 Å². The van der Waals surface area contributed by atoms with Crippen LogP contribution in [-0.2, 0) is 16.1 Å². The average Bonchev–Trinajstić information content (AvgIpc) is 3.04. The molecular weight excluding hydrogens is 376 g/mol. The molecule has 5 nitrogen and oxygen atoms in total. The zero-order valence-electron chi connectivity index (χ0n) is 18.0. The van der Waals surface area contributed by atoms with Crippen LogP contribution in [0.3, 0.4) is 0 Å². The van der Waals surface area contributed by atoms with Gasteiger partial charge in [-0.05, 0) is 24.3 Å². The lowest BCUT2D eigenvalue weighted by molar-refractivity contribution is -0.145. The quantitative estimate of drug-likeness (QED) is 0.574. The van der Waals surface area contributed by atoms with E-state index in [9.17, 15) is 9.90 Å². The van der Waals surface area contributed by atoms with Crippen molar-refractivity contribution in [3.8, 4) is 6.07 Å². The number of esters is 1. The van der Waals surface area contributed by atoms with Crippen molar-refractivity contribution in [3.05, 3.63) is 47.5 Å². The molecule has 1 aliphatic heterocycles. The fourth-order valence-corrected chi connectivity index (χ4v) is 5.84. The molecular formula is C25H32N2O3. The molecule has 0 spiro atoms. The third-order valence-electron chi connectivity index (χ3n) is 7.81. The number of carbonyl (C=O) groups excluding carboxylic acids is 1. The molecule has 4 rings (SSSR count). The monoisotopic (exact) mass is 408 g/mol. The molecule has 1 heterocycles. The number of aliphatic hydroxyl groups excluding tert-OH is 1. The van der Waals surface area contributed by atoms with E-state index in [1.165, 1.54) is 5.57 Å². The average molecular weight is 409 g/mol. The Labute approximate surface area is 179 Å². The van der Waals surface area contributed by atoms with Crippen molar-refractivity contribution in [1.29, 1.82) is 5.26 Å². The number of allylic oxidation sites excluding steroid dienone is 1. The van der Waals surface area contributed by atoms with Gasteiger partial charge in [0.15, 0.2) is 0 Å². The van der Waals surface area contributed by atoms with Crippen LogP contribution in [0.5, 0.6) is 0 Å². The maximum absolute atomic E-state index is 12.9. The van der Waals surface area contributed by atoms with Crippen LogP contribution in [0.1, 0.15) is 45.1 Å². The highest BCUT2D eigenvalue weighted by Crippen LogP contribution is 2.56. The standard InChI is InChI=1S/C25H32N2O3/c1-17-8-6-11-19-14-21-22(23(28)25(17,19)2)20(24(29)30-21)16-27(13-7-12-26)15-18-9-4-3-5-10-18/h3-5,9-11,17,20-23,28H,6-8,13-16H2,1-2H3/t17-,20-,21+,22+,23-,25+/m0/s1. The molecule has 1 saturated carbocycles. The highest BCUT2D eigenvalue weighted by molar-refractivity contribution is 5.76. The highest BCUT2D eigenvalue weighted by atomic mass is 16.6. The third-order valence-corrected chi connectivity index (χ3v) is 7.81. The van der Waals surface area contributed by atoms with Crippen LogP contribution in [-0.4, -0.2) is 41.3 Å². The minimum atomic E-state index is -0.594. The van der Waals surface area contributed by atoms with Gasteiger partial charge in [-0.15, -0.1) is 0 Å². The van der Waals surface area contributed by atoms with E-state index in [0.717, 1.165) is 24.8 Å². The second-order valence-corrected chi connectivity index (χ2v) is 9.43. The lowest BCUT2D eigenvalue weighted by Gasteiger charge is -2.52. The number of fused-ring (bicyclic) bond motifs is 2. The van der Waals surface area contributed by atoms with Gasteiger partial charge in [-0.1, -0.05) is 55.8 Å². The van der Waals surface area contributed by atoms with Crippen molar-refractivity contribution in [1.82, 2.24) is 4.90 Å². The molecule has 1 aromatic carbocycles. The third kappa shape index (κ3) is 3.68. The summed E-state index contributed by atoms with van der Waals surface area (Å²) in [6, 6.07) is 12.3. The molecule has 1 aromatic rings. The summed E-state index contributed by atoms with van der Waals surface area (Å²) in [6.45, 7) is 6.18. The van der Waals surface area contributed by atoms with E-state index >= 15 is 0 Å². The Kier molecular flexibility index (Phi) is 5.99. The Hall–Kier alpha value is -2.16. The zero-order valence-corrected chi connectivity index (χ0v) is 18.0. The van der Waals surface area contributed by atoms with Gasteiger partial charge in [0.2, 0.25) is 0 Å². The van der Waals surface area contributed by atoms with Crippen molar-refractivity contribution in [2.24, 2.45) is 23.2 Å². The first kappa shape index (κ1) is 21.1. The van der Waals surface area contributed by atoms with Gasteiger partial charge >= 0.3 is 5.97 Å². The van der Waals surface area contributed by atoms with Gasteiger partial charge in [-0.25, -0.2) is 0 Å². The largest absolute Gasteiger partial charge is 0.461 e. The number of aliphatic hydroxyl groups is 1. The van der Waals surface area contributed by atoms with E-state index < -0.39 is 6.10 Å². The second-order valence-electron chi connectivity index (χ2n) is 9.43. The Morgan fingerprint density at radius 2 is 2.10 bits per heavy atom. The normalized spacial score (nSPS) is 35.2. The summed E-state index contributed by atoms with van der Waals surface area (Å²) in [5.74, 6) is -0.376. The number of hydrogen-bond donors (Lipinski definition) is 1. The number of nitriles is 1. The Morgan fingerprint density at radius 3 is 2.83 bits per heavy atom. The summed E-state index contributed by atoms with van der Waals surface area (Å²) in [7, 11) is 0. The van der Waals surface area contributed by atoms with Gasteiger partial charge in [-0.2, -0.15) is 5.26 Å². The van der Waals surface area contributed by atoms with E-state index in [-0.39, 0.29) is 29.3 Å². The molecule has 5 heteroatoms. The number of benzene rings is 1. The maximum Gasteiger partial charge on any atom is 0.311 e. The molecule has 6 atom stereocenters. The number of nitrogens with zero attached hydrogens (tertiary/aromatic N) is 2. The minimum absolute atomic E-state index is 0.194. The lowest BCUT2D eigenvalue weighted by atomic mass is 9.55. The van der Waals surface area contributed by atoms with Gasteiger partial charge in [-0.3, -0.25) is 9.69 Å². The topological polar surface area (TPSA) is 73.6 Å². The predicted molar refractivity (Wildman–Crippen MR) is 114 cm³/mol. The Morgan fingerprint density at radius 1 is 1.33 bits per heavy atom. The summed E-state index contributed by atoms with van der Waals surface area (Å²) in [5, 5.41) is 20.6. The molecule has 3 aliphatic rings. The Balaban J connectivity index is 1.57. The lowest BCUT2D eigenvalue weighted by Crippen LogP contribution is -2.54. The highest BCUT2D eigenvalue weighted by Gasteiger charge is 2.59. The van der Waals surface area contributed by atoms with Crippen LogP contribution in [0, 0.1) is 34.5 Å². The van der Waals surface area contributed by atoms with Crippen molar-refractivity contribution >= 4 is 5.97 Å².